The number of thiophene rings is 1. The molecule has 31 heavy (non-hydrogen) atoms. The van der Waals surface area contributed by atoms with E-state index >= 15 is 0 Å². The Kier molecular flexibility index (Phi) is 6.04. The van der Waals surface area contributed by atoms with E-state index in [-0.39, 0.29) is 23.3 Å². The fourth-order valence-corrected chi connectivity index (χ4v) is 4.26. The predicted octanol–water partition coefficient (Wildman–Crippen LogP) is 4.46. The van der Waals surface area contributed by atoms with Crippen LogP contribution in [0, 0.1) is 5.92 Å². The smallest absolute Gasteiger partial charge is 0.263 e. The number of aryl methyl sites for hydroxylation is 1. The van der Waals surface area contributed by atoms with E-state index in [9.17, 15) is 9.59 Å². The zero-order valence-electron chi connectivity index (χ0n) is 17.8. The summed E-state index contributed by atoms with van der Waals surface area (Å²) in [5.41, 5.74) is 3.43. The van der Waals surface area contributed by atoms with Gasteiger partial charge in [0, 0.05) is 28.9 Å². The van der Waals surface area contributed by atoms with Gasteiger partial charge >= 0.3 is 0 Å². The zero-order chi connectivity index (χ0) is 22.0. The Morgan fingerprint density at radius 2 is 1.97 bits per heavy atom. The van der Waals surface area contributed by atoms with Crippen LogP contribution in [0.3, 0.4) is 0 Å². The number of H-pyrrole nitrogens is 1. The first-order chi connectivity index (χ1) is 15.0. The molecule has 4 aromatic rings. The van der Waals surface area contributed by atoms with Gasteiger partial charge in [0.15, 0.2) is 5.75 Å². The van der Waals surface area contributed by atoms with Gasteiger partial charge in [-0.25, -0.2) is 4.98 Å². The second-order valence-corrected chi connectivity index (χ2v) is 8.81. The molecular formula is C24H25N3O3S. The summed E-state index contributed by atoms with van der Waals surface area (Å²) in [6.07, 6.45) is 4.06. The quantitative estimate of drug-likeness (QED) is 0.465. The topological polar surface area (TPSA) is 77.0 Å². The van der Waals surface area contributed by atoms with Crippen LogP contribution >= 0.6 is 11.3 Å². The standard InChI is InChI=1S/C24H25N3O3S/c1-4-16-5-7-17(8-6-16)19-13-31-23-22(19)24(29)27(14-26-23)11-18-9-20(28)21(10-25-18)30-12-15(2)3/h5-10,13-15H,4,11-12H2,1-3H3,(H,25,28). The van der Waals surface area contributed by atoms with Crippen LogP contribution in [0.2, 0.25) is 0 Å². The molecule has 0 saturated heterocycles. The maximum absolute atomic E-state index is 13.3. The van der Waals surface area contributed by atoms with E-state index in [2.05, 4.69) is 29.0 Å². The number of benzene rings is 1. The number of hydrogen-bond donors (Lipinski definition) is 1. The van der Waals surface area contributed by atoms with Crippen LogP contribution in [-0.2, 0) is 13.0 Å². The number of pyridine rings is 1. The Hall–Kier alpha value is -3.19. The van der Waals surface area contributed by atoms with Gasteiger partial charge in [-0.05, 0) is 23.5 Å². The lowest BCUT2D eigenvalue weighted by atomic mass is 10.0. The number of nitrogens with zero attached hydrogens (tertiary/aromatic N) is 2. The largest absolute Gasteiger partial charge is 0.488 e. The van der Waals surface area contributed by atoms with Gasteiger partial charge in [0.2, 0.25) is 5.43 Å². The van der Waals surface area contributed by atoms with Crippen LogP contribution in [-0.4, -0.2) is 21.1 Å². The lowest BCUT2D eigenvalue weighted by Crippen LogP contribution is -2.22. The molecule has 0 bridgehead atoms. The van der Waals surface area contributed by atoms with Crippen molar-refractivity contribution < 1.29 is 4.74 Å². The number of nitrogens with one attached hydrogen (secondary N) is 1. The third kappa shape index (κ3) is 4.46. The normalized spacial score (nSPS) is 11.4. The van der Waals surface area contributed by atoms with Crippen LogP contribution in [0.4, 0.5) is 0 Å². The highest BCUT2D eigenvalue weighted by Crippen LogP contribution is 2.30. The van der Waals surface area contributed by atoms with Crippen molar-refractivity contribution in [3.8, 4) is 16.9 Å². The van der Waals surface area contributed by atoms with Crippen molar-refractivity contribution in [2.24, 2.45) is 5.92 Å². The molecule has 0 aliphatic carbocycles. The number of aromatic nitrogens is 3. The number of rotatable bonds is 7. The van der Waals surface area contributed by atoms with Gasteiger partial charge < -0.3 is 9.72 Å². The molecule has 0 fully saturated rings. The molecule has 4 rings (SSSR count). The maximum Gasteiger partial charge on any atom is 0.263 e. The fraction of sp³-hybridized carbons (Fsp3) is 0.292. The average molecular weight is 436 g/mol. The summed E-state index contributed by atoms with van der Waals surface area (Å²) in [6.45, 7) is 6.86. The second-order valence-electron chi connectivity index (χ2n) is 7.95. The first kappa shape index (κ1) is 21.1. The molecule has 7 heteroatoms. The van der Waals surface area contributed by atoms with Crippen molar-refractivity contribution >= 4 is 21.6 Å². The molecule has 0 amide bonds. The lowest BCUT2D eigenvalue weighted by Gasteiger charge is -2.10. The molecule has 3 aromatic heterocycles. The van der Waals surface area contributed by atoms with E-state index in [0.717, 1.165) is 17.5 Å². The van der Waals surface area contributed by atoms with E-state index in [1.165, 1.54) is 33.9 Å². The third-order valence-corrected chi connectivity index (χ3v) is 5.97. The van der Waals surface area contributed by atoms with Gasteiger partial charge in [-0.15, -0.1) is 11.3 Å². The molecule has 0 unspecified atom stereocenters. The maximum atomic E-state index is 13.3. The van der Waals surface area contributed by atoms with Gasteiger partial charge in [-0.2, -0.15) is 0 Å². The van der Waals surface area contributed by atoms with Gasteiger partial charge in [0.1, 0.15) is 4.83 Å². The van der Waals surface area contributed by atoms with Crippen molar-refractivity contribution in [3.05, 3.63) is 80.1 Å². The third-order valence-electron chi connectivity index (χ3n) is 5.08. The summed E-state index contributed by atoms with van der Waals surface area (Å²) in [5, 5.41) is 2.59. The van der Waals surface area contributed by atoms with Crippen molar-refractivity contribution in [1.82, 2.24) is 14.5 Å². The summed E-state index contributed by atoms with van der Waals surface area (Å²) in [6, 6.07) is 9.74. The lowest BCUT2D eigenvalue weighted by molar-refractivity contribution is 0.267. The highest BCUT2D eigenvalue weighted by atomic mass is 32.1. The van der Waals surface area contributed by atoms with E-state index in [1.54, 1.807) is 6.20 Å². The SMILES string of the molecule is CCc1ccc(-c2csc3ncn(Cc4cc(=O)c(OCC(C)C)c[nH]4)c(=O)c23)cc1. The number of aromatic amines is 1. The minimum atomic E-state index is -0.205. The van der Waals surface area contributed by atoms with Gasteiger partial charge in [0.25, 0.3) is 5.56 Å². The molecule has 6 nitrogen and oxygen atoms in total. The van der Waals surface area contributed by atoms with Crippen LogP contribution < -0.4 is 15.7 Å². The summed E-state index contributed by atoms with van der Waals surface area (Å²) >= 11 is 1.46. The molecular weight excluding hydrogens is 410 g/mol. The Morgan fingerprint density at radius 3 is 2.65 bits per heavy atom. The summed E-state index contributed by atoms with van der Waals surface area (Å²) in [5.74, 6) is 0.613. The van der Waals surface area contributed by atoms with Crippen molar-refractivity contribution in [2.45, 2.75) is 33.7 Å². The fourth-order valence-electron chi connectivity index (χ4n) is 3.36. The van der Waals surface area contributed by atoms with E-state index in [0.29, 0.717) is 28.4 Å². The monoisotopic (exact) mass is 435 g/mol. The summed E-state index contributed by atoms with van der Waals surface area (Å²) in [7, 11) is 0. The Bertz CT molecular complexity index is 1320. The van der Waals surface area contributed by atoms with Crippen LogP contribution in [0.5, 0.6) is 5.75 Å². The number of hydrogen-bond acceptors (Lipinski definition) is 5. The van der Waals surface area contributed by atoms with Gasteiger partial charge in [-0.1, -0.05) is 45.0 Å². The minimum Gasteiger partial charge on any atom is -0.488 e. The Balaban J connectivity index is 1.66. The molecule has 0 saturated carbocycles. The second kappa shape index (κ2) is 8.89. The summed E-state index contributed by atoms with van der Waals surface area (Å²) in [4.78, 5) is 33.8. The minimum absolute atomic E-state index is 0.123. The molecule has 1 N–H and O–H groups in total. The van der Waals surface area contributed by atoms with Crippen LogP contribution in [0.1, 0.15) is 32.0 Å². The van der Waals surface area contributed by atoms with Crippen molar-refractivity contribution in [3.63, 3.8) is 0 Å². The first-order valence-electron chi connectivity index (χ1n) is 10.4. The molecule has 0 aliphatic heterocycles. The van der Waals surface area contributed by atoms with E-state index in [1.807, 2.05) is 31.4 Å². The molecule has 0 spiro atoms. The summed E-state index contributed by atoms with van der Waals surface area (Å²) < 4.78 is 7.06. The predicted molar refractivity (Wildman–Crippen MR) is 125 cm³/mol. The Labute approximate surface area is 184 Å². The van der Waals surface area contributed by atoms with Crippen LogP contribution in [0.25, 0.3) is 21.3 Å². The Morgan fingerprint density at radius 1 is 1.19 bits per heavy atom. The van der Waals surface area contributed by atoms with Crippen molar-refractivity contribution in [2.75, 3.05) is 6.61 Å². The highest BCUT2D eigenvalue weighted by molar-refractivity contribution is 7.17. The van der Waals surface area contributed by atoms with Gasteiger partial charge in [0.05, 0.1) is 24.9 Å². The molecule has 3 heterocycles. The molecule has 0 aliphatic rings. The molecule has 1 aromatic carbocycles. The number of fused-ring (bicyclic) bond motifs is 1. The van der Waals surface area contributed by atoms with Crippen LogP contribution in [0.15, 0.2) is 57.8 Å². The molecule has 0 atom stereocenters. The van der Waals surface area contributed by atoms with E-state index < -0.39 is 0 Å². The van der Waals surface area contributed by atoms with E-state index in [4.69, 9.17) is 4.74 Å². The van der Waals surface area contributed by atoms with Gasteiger partial charge in [-0.3, -0.25) is 14.2 Å². The first-order valence-corrected chi connectivity index (χ1v) is 11.2. The highest BCUT2D eigenvalue weighted by Gasteiger charge is 2.14. The average Bonchev–Trinajstić information content (AvgIpc) is 3.20. The molecule has 160 valence electrons. The zero-order valence-corrected chi connectivity index (χ0v) is 18.7. The van der Waals surface area contributed by atoms with Crippen molar-refractivity contribution in [1.29, 1.82) is 0 Å². The molecule has 0 radical (unpaired) electrons. The number of ether oxygens (including phenoxy) is 1.